The number of fused-ring (bicyclic) bond motifs is 1. The van der Waals surface area contributed by atoms with Gasteiger partial charge in [0.25, 0.3) is 0 Å². The second-order valence-corrected chi connectivity index (χ2v) is 10.4. The third-order valence-electron chi connectivity index (χ3n) is 7.79. The van der Waals surface area contributed by atoms with Crippen molar-refractivity contribution in [3.05, 3.63) is 53.7 Å². The summed E-state index contributed by atoms with van der Waals surface area (Å²) in [6.07, 6.45) is 6.44. The number of para-hydroxylation sites is 1. The first-order chi connectivity index (χ1) is 17.6. The number of nitrogens with zero attached hydrogens (tertiary/aromatic N) is 3. The molecular formula is C28H37N5O3. The Morgan fingerprint density at radius 2 is 1.97 bits per heavy atom. The molecule has 3 aliphatic heterocycles. The summed E-state index contributed by atoms with van der Waals surface area (Å²) in [4.78, 5) is 34.1. The van der Waals surface area contributed by atoms with Crippen molar-refractivity contribution >= 4 is 23.4 Å². The van der Waals surface area contributed by atoms with Crippen LogP contribution in [0.3, 0.4) is 0 Å². The molecule has 1 amide bonds. The SMILES string of the molecule is O=C(O)C(CCN1CC(CCc2ccc3c(n2)NCCC3)C1)NC(=O)C1CCCN1c1ccccc1. The standard InChI is InChI=1S/C28H37N5O3/c34-27(25-9-5-16-33(25)23-7-2-1-3-8-23)31-24(28(35)36)14-17-32-18-20(19-32)10-12-22-13-11-21-6-4-15-29-26(21)30-22/h1-3,7-8,11,13,20,24-25H,4-6,9-10,12,14-19H2,(H,29,30)(H,31,34)(H,35,36). The molecule has 3 N–H and O–H groups in total. The van der Waals surface area contributed by atoms with Crippen LogP contribution in [0.25, 0.3) is 0 Å². The van der Waals surface area contributed by atoms with Crippen LogP contribution in [-0.4, -0.2) is 71.7 Å². The molecule has 2 aromatic rings. The van der Waals surface area contributed by atoms with Crippen LogP contribution in [0.4, 0.5) is 11.5 Å². The number of aryl methyl sites for hydroxylation is 2. The van der Waals surface area contributed by atoms with E-state index in [0.29, 0.717) is 18.9 Å². The molecule has 2 saturated heterocycles. The molecule has 2 unspecified atom stereocenters. The Labute approximate surface area is 213 Å². The number of rotatable bonds is 10. The molecule has 192 valence electrons. The summed E-state index contributed by atoms with van der Waals surface area (Å²) < 4.78 is 0. The number of likely N-dealkylation sites (tertiary alicyclic amines) is 1. The second kappa shape index (κ2) is 11.3. The van der Waals surface area contributed by atoms with Crippen molar-refractivity contribution in [1.82, 2.24) is 15.2 Å². The van der Waals surface area contributed by atoms with E-state index in [2.05, 4.69) is 32.6 Å². The molecule has 2 fully saturated rings. The lowest BCUT2D eigenvalue weighted by Crippen LogP contribution is -2.52. The van der Waals surface area contributed by atoms with Gasteiger partial charge in [-0.2, -0.15) is 0 Å². The Balaban J connectivity index is 1.05. The fourth-order valence-electron chi connectivity index (χ4n) is 5.71. The molecule has 0 saturated carbocycles. The molecule has 1 aromatic heterocycles. The van der Waals surface area contributed by atoms with E-state index >= 15 is 0 Å². The van der Waals surface area contributed by atoms with Gasteiger partial charge in [0, 0.05) is 44.1 Å². The molecule has 1 aromatic carbocycles. The van der Waals surface area contributed by atoms with Crippen LogP contribution in [0.2, 0.25) is 0 Å². The van der Waals surface area contributed by atoms with Crippen molar-refractivity contribution in [2.75, 3.05) is 42.9 Å². The molecule has 4 heterocycles. The summed E-state index contributed by atoms with van der Waals surface area (Å²) >= 11 is 0. The number of carbonyl (C=O) groups excluding carboxylic acids is 1. The molecule has 2 atom stereocenters. The zero-order valence-corrected chi connectivity index (χ0v) is 20.9. The van der Waals surface area contributed by atoms with Gasteiger partial charge in [-0.1, -0.05) is 24.3 Å². The Hall–Kier alpha value is -3.13. The van der Waals surface area contributed by atoms with Gasteiger partial charge in [-0.05, 0) is 74.6 Å². The van der Waals surface area contributed by atoms with Gasteiger partial charge in [0.2, 0.25) is 5.91 Å². The highest BCUT2D eigenvalue weighted by Crippen LogP contribution is 2.26. The highest BCUT2D eigenvalue weighted by Gasteiger charge is 2.34. The van der Waals surface area contributed by atoms with E-state index < -0.39 is 12.0 Å². The Kier molecular flexibility index (Phi) is 7.70. The second-order valence-electron chi connectivity index (χ2n) is 10.4. The number of nitrogens with one attached hydrogen (secondary N) is 2. The Morgan fingerprint density at radius 1 is 1.14 bits per heavy atom. The van der Waals surface area contributed by atoms with Crippen LogP contribution in [0.5, 0.6) is 0 Å². The normalized spacial score (nSPS) is 20.8. The number of aromatic nitrogens is 1. The van der Waals surface area contributed by atoms with E-state index in [9.17, 15) is 14.7 Å². The van der Waals surface area contributed by atoms with Crippen molar-refractivity contribution < 1.29 is 14.7 Å². The van der Waals surface area contributed by atoms with Crippen molar-refractivity contribution in [2.24, 2.45) is 5.92 Å². The third kappa shape index (κ3) is 5.81. The van der Waals surface area contributed by atoms with Gasteiger partial charge in [-0.3, -0.25) is 4.79 Å². The van der Waals surface area contributed by atoms with Crippen LogP contribution in [0, 0.1) is 5.92 Å². The lowest BCUT2D eigenvalue weighted by atomic mass is 9.93. The Bertz CT molecular complexity index is 1060. The topological polar surface area (TPSA) is 97.8 Å². The highest BCUT2D eigenvalue weighted by molar-refractivity contribution is 5.89. The van der Waals surface area contributed by atoms with Gasteiger partial charge in [0.1, 0.15) is 17.9 Å². The van der Waals surface area contributed by atoms with Gasteiger partial charge in [0.15, 0.2) is 0 Å². The molecule has 0 spiro atoms. The van der Waals surface area contributed by atoms with E-state index in [1.165, 1.54) is 12.0 Å². The summed E-state index contributed by atoms with van der Waals surface area (Å²) in [7, 11) is 0. The fourth-order valence-corrected chi connectivity index (χ4v) is 5.71. The van der Waals surface area contributed by atoms with Crippen molar-refractivity contribution in [3.63, 3.8) is 0 Å². The quantitative estimate of drug-likeness (QED) is 0.470. The Morgan fingerprint density at radius 3 is 2.78 bits per heavy atom. The smallest absolute Gasteiger partial charge is 0.326 e. The maximum atomic E-state index is 13.0. The first-order valence-electron chi connectivity index (χ1n) is 13.4. The van der Waals surface area contributed by atoms with Gasteiger partial charge in [-0.25, -0.2) is 9.78 Å². The zero-order chi connectivity index (χ0) is 24.9. The number of benzene rings is 1. The number of anilines is 2. The first kappa shape index (κ1) is 24.6. The van der Waals surface area contributed by atoms with Gasteiger partial charge < -0.3 is 25.5 Å². The molecule has 0 aliphatic carbocycles. The summed E-state index contributed by atoms with van der Waals surface area (Å²) in [5.74, 6) is 0.529. The minimum atomic E-state index is -0.961. The predicted octanol–water partition coefficient (Wildman–Crippen LogP) is 2.93. The number of carboxylic acid groups (broad SMARTS) is 1. The predicted molar refractivity (Wildman–Crippen MR) is 140 cm³/mol. The summed E-state index contributed by atoms with van der Waals surface area (Å²) in [5, 5.41) is 16.0. The van der Waals surface area contributed by atoms with Gasteiger partial charge in [-0.15, -0.1) is 0 Å². The van der Waals surface area contributed by atoms with Crippen LogP contribution < -0.4 is 15.5 Å². The average Bonchev–Trinajstić information content (AvgIpc) is 3.37. The van der Waals surface area contributed by atoms with E-state index in [4.69, 9.17) is 4.98 Å². The maximum absolute atomic E-state index is 13.0. The molecule has 36 heavy (non-hydrogen) atoms. The third-order valence-corrected chi connectivity index (χ3v) is 7.79. The van der Waals surface area contributed by atoms with Crippen LogP contribution in [-0.2, 0) is 22.4 Å². The van der Waals surface area contributed by atoms with E-state index in [-0.39, 0.29) is 11.9 Å². The van der Waals surface area contributed by atoms with Crippen LogP contribution >= 0.6 is 0 Å². The summed E-state index contributed by atoms with van der Waals surface area (Å²) in [6.45, 7) is 4.46. The molecule has 8 heteroatoms. The molecule has 0 radical (unpaired) electrons. The molecular weight excluding hydrogens is 454 g/mol. The number of aliphatic carboxylic acids is 1. The minimum Gasteiger partial charge on any atom is -0.480 e. The van der Waals surface area contributed by atoms with Crippen molar-refractivity contribution in [1.29, 1.82) is 0 Å². The largest absolute Gasteiger partial charge is 0.480 e. The van der Waals surface area contributed by atoms with Crippen LogP contribution in [0.1, 0.15) is 43.4 Å². The van der Waals surface area contributed by atoms with Crippen molar-refractivity contribution in [3.8, 4) is 0 Å². The van der Waals surface area contributed by atoms with E-state index in [1.807, 2.05) is 30.3 Å². The highest BCUT2D eigenvalue weighted by atomic mass is 16.4. The summed E-state index contributed by atoms with van der Waals surface area (Å²) in [5.41, 5.74) is 3.47. The molecule has 8 nitrogen and oxygen atoms in total. The zero-order valence-electron chi connectivity index (χ0n) is 20.9. The number of carbonyl (C=O) groups is 2. The monoisotopic (exact) mass is 491 g/mol. The van der Waals surface area contributed by atoms with Gasteiger partial charge in [0.05, 0.1) is 0 Å². The van der Waals surface area contributed by atoms with Crippen LogP contribution in [0.15, 0.2) is 42.5 Å². The molecule has 5 rings (SSSR count). The number of hydrogen-bond donors (Lipinski definition) is 3. The lowest BCUT2D eigenvalue weighted by molar-refractivity contribution is -0.142. The number of pyridine rings is 1. The van der Waals surface area contributed by atoms with Crippen molar-refractivity contribution in [2.45, 2.75) is 57.0 Å². The first-order valence-corrected chi connectivity index (χ1v) is 13.4. The molecule has 3 aliphatic rings. The molecule has 0 bridgehead atoms. The summed E-state index contributed by atoms with van der Waals surface area (Å²) in [6, 6.07) is 13.1. The van der Waals surface area contributed by atoms with Gasteiger partial charge >= 0.3 is 5.97 Å². The fraction of sp³-hybridized carbons (Fsp3) is 0.536. The average molecular weight is 492 g/mol. The van der Waals surface area contributed by atoms with E-state index in [1.54, 1.807) is 0 Å². The number of carboxylic acids is 1. The lowest BCUT2D eigenvalue weighted by Gasteiger charge is -2.40. The maximum Gasteiger partial charge on any atom is 0.326 e. The van der Waals surface area contributed by atoms with E-state index in [0.717, 1.165) is 75.5 Å². The number of hydrogen-bond acceptors (Lipinski definition) is 6. The number of amides is 1. The minimum absolute atomic E-state index is 0.183.